The summed E-state index contributed by atoms with van der Waals surface area (Å²) in [7, 11) is 0. The van der Waals surface area contributed by atoms with Crippen LogP contribution in [-0.4, -0.2) is 50.3 Å². The van der Waals surface area contributed by atoms with E-state index in [1.54, 1.807) is 27.7 Å². The average molecular weight is 346 g/mol. The van der Waals surface area contributed by atoms with Gasteiger partial charge in [0.15, 0.2) is 5.92 Å². The van der Waals surface area contributed by atoms with Gasteiger partial charge in [-0.1, -0.05) is 6.92 Å². The molecule has 0 aromatic heterocycles. The Morgan fingerprint density at radius 3 is 1.33 bits per heavy atom. The van der Waals surface area contributed by atoms with E-state index in [2.05, 4.69) is 0 Å². The number of hydrogen-bond acceptors (Lipinski definition) is 8. The molecule has 8 heteroatoms. The molecule has 0 radical (unpaired) electrons. The van der Waals surface area contributed by atoms with E-state index in [4.69, 9.17) is 18.9 Å². The molecule has 0 spiro atoms. The molecule has 0 heterocycles. The van der Waals surface area contributed by atoms with Crippen molar-refractivity contribution in [1.29, 1.82) is 0 Å². The van der Waals surface area contributed by atoms with Gasteiger partial charge in [-0.15, -0.1) is 0 Å². The van der Waals surface area contributed by atoms with Crippen LogP contribution in [0, 0.1) is 17.8 Å². The summed E-state index contributed by atoms with van der Waals surface area (Å²) in [4.78, 5) is 48.8. The highest BCUT2D eigenvalue weighted by Crippen LogP contribution is 2.27. The van der Waals surface area contributed by atoms with Gasteiger partial charge in [-0.25, -0.2) is 0 Å². The van der Waals surface area contributed by atoms with Crippen LogP contribution in [0.4, 0.5) is 0 Å². The zero-order valence-electron chi connectivity index (χ0n) is 14.8. The van der Waals surface area contributed by atoms with Gasteiger partial charge in [0.05, 0.1) is 38.3 Å². The topological polar surface area (TPSA) is 105 Å². The Morgan fingerprint density at radius 1 is 0.625 bits per heavy atom. The molecule has 0 rings (SSSR count). The molecule has 0 aliphatic heterocycles. The minimum Gasteiger partial charge on any atom is -0.466 e. The summed E-state index contributed by atoms with van der Waals surface area (Å²) in [5.74, 6) is -7.51. The largest absolute Gasteiger partial charge is 0.466 e. The first kappa shape index (κ1) is 21.9. The van der Waals surface area contributed by atoms with Crippen molar-refractivity contribution in [2.75, 3.05) is 26.4 Å². The van der Waals surface area contributed by atoms with Crippen molar-refractivity contribution in [3.05, 3.63) is 0 Å². The Balaban J connectivity index is 5.78. The van der Waals surface area contributed by atoms with Crippen molar-refractivity contribution >= 4 is 23.9 Å². The lowest BCUT2D eigenvalue weighted by Gasteiger charge is -2.26. The van der Waals surface area contributed by atoms with Crippen molar-refractivity contribution in [3.63, 3.8) is 0 Å². The third-order valence-electron chi connectivity index (χ3n) is 3.20. The Hall–Kier alpha value is -2.12. The van der Waals surface area contributed by atoms with Crippen molar-refractivity contribution < 1.29 is 38.1 Å². The number of rotatable bonds is 10. The van der Waals surface area contributed by atoms with Crippen LogP contribution >= 0.6 is 0 Å². The average Bonchev–Trinajstić information content (AvgIpc) is 2.52. The maximum atomic E-state index is 12.3. The molecule has 0 saturated carbocycles. The number of ether oxygens (including phenoxy) is 4. The highest BCUT2D eigenvalue weighted by Gasteiger charge is 2.48. The minimum absolute atomic E-state index is 0.0120. The highest BCUT2D eigenvalue weighted by molar-refractivity contribution is 6.00. The van der Waals surface area contributed by atoms with Gasteiger partial charge in [0.25, 0.3) is 0 Å². The van der Waals surface area contributed by atoms with Gasteiger partial charge in [0.1, 0.15) is 0 Å². The maximum Gasteiger partial charge on any atom is 0.321 e. The monoisotopic (exact) mass is 346 g/mol. The van der Waals surface area contributed by atoms with Crippen LogP contribution in [0.25, 0.3) is 0 Å². The van der Waals surface area contributed by atoms with Gasteiger partial charge >= 0.3 is 23.9 Å². The summed E-state index contributed by atoms with van der Waals surface area (Å²) in [5.41, 5.74) is 0. The summed E-state index contributed by atoms with van der Waals surface area (Å²) >= 11 is 0. The van der Waals surface area contributed by atoms with Crippen molar-refractivity contribution in [2.45, 2.75) is 34.6 Å². The molecule has 2 unspecified atom stereocenters. The van der Waals surface area contributed by atoms with Crippen LogP contribution in [0.1, 0.15) is 34.6 Å². The molecule has 0 saturated heterocycles. The predicted molar refractivity (Wildman–Crippen MR) is 82.7 cm³/mol. The van der Waals surface area contributed by atoms with Crippen LogP contribution in [0.3, 0.4) is 0 Å². The van der Waals surface area contributed by atoms with Crippen LogP contribution < -0.4 is 0 Å². The molecular weight excluding hydrogens is 320 g/mol. The number of carbonyl (C=O) groups is 4. The smallest absolute Gasteiger partial charge is 0.321 e. The van der Waals surface area contributed by atoms with E-state index in [9.17, 15) is 19.2 Å². The second-order valence-corrected chi connectivity index (χ2v) is 4.80. The van der Waals surface area contributed by atoms with Crippen LogP contribution in [0.2, 0.25) is 0 Å². The van der Waals surface area contributed by atoms with E-state index in [-0.39, 0.29) is 26.4 Å². The second kappa shape index (κ2) is 11.4. The molecule has 8 nitrogen and oxygen atoms in total. The molecule has 0 aliphatic carbocycles. The summed E-state index contributed by atoms with van der Waals surface area (Å²) in [6.07, 6.45) is 0. The highest BCUT2D eigenvalue weighted by atomic mass is 16.6. The van der Waals surface area contributed by atoms with Gasteiger partial charge in [0, 0.05) is 0 Å². The molecule has 2 atom stereocenters. The molecule has 138 valence electrons. The Labute approximate surface area is 141 Å². The second-order valence-electron chi connectivity index (χ2n) is 4.80. The first-order chi connectivity index (χ1) is 11.3. The summed E-state index contributed by atoms with van der Waals surface area (Å²) < 4.78 is 19.6. The Morgan fingerprint density at radius 2 is 0.958 bits per heavy atom. The Bertz CT molecular complexity index is 427. The predicted octanol–water partition coefficient (Wildman–Crippen LogP) is 1.11. The molecular formula is C16H26O8. The molecule has 0 aromatic rings. The van der Waals surface area contributed by atoms with Gasteiger partial charge < -0.3 is 18.9 Å². The van der Waals surface area contributed by atoms with E-state index in [1.807, 2.05) is 0 Å². The Kier molecular flexibility index (Phi) is 10.4. The van der Waals surface area contributed by atoms with E-state index >= 15 is 0 Å². The molecule has 24 heavy (non-hydrogen) atoms. The first-order valence-electron chi connectivity index (χ1n) is 8.01. The van der Waals surface area contributed by atoms with Gasteiger partial charge in [0.2, 0.25) is 0 Å². The molecule has 0 bridgehead atoms. The SMILES string of the molecule is CCOC(=O)C(C)C(C(=O)OCC)C(C(=O)OCC)C(=O)OCC. The molecule has 0 fully saturated rings. The fraction of sp³-hybridized carbons (Fsp3) is 0.750. The fourth-order valence-corrected chi connectivity index (χ4v) is 2.14. The third-order valence-corrected chi connectivity index (χ3v) is 3.20. The number of esters is 4. The van der Waals surface area contributed by atoms with E-state index in [0.717, 1.165) is 0 Å². The van der Waals surface area contributed by atoms with Gasteiger partial charge in [-0.3, -0.25) is 19.2 Å². The first-order valence-corrected chi connectivity index (χ1v) is 8.01. The minimum atomic E-state index is -1.59. The zero-order chi connectivity index (χ0) is 18.7. The molecule has 0 N–H and O–H groups in total. The molecule has 0 amide bonds. The maximum absolute atomic E-state index is 12.3. The number of hydrogen-bond donors (Lipinski definition) is 0. The van der Waals surface area contributed by atoms with E-state index in [0.29, 0.717) is 0 Å². The molecule has 0 aromatic carbocycles. The normalized spacial score (nSPS) is 12.9. The summed E-state index contributed by atoms with van der Waals surface area (Å²) in [6.45, 7) is 7.86. The third kappa shape index (κ3) is 6.17. The van der Waals surface area contributed by atoms with Crippen molar-refractivity contribution in [3.8, 4) is 0 Å². The lowest BCUT2D eigenvalue weighted by atomic mass is 9.82. The lowest BCUT2D eigenvalue weighted by molar-refractivity contribution is -0.176. The molecule has 0 aliphatic rings. The summed E-state index contributed by atoms with van der Waals surface area (Å²) in [6, 6.07) is 0. The van der Waals surface area contributed by atoms with Gasteiger partial charge in [-0.05, 0) is 27.7 Å². The lowest BCUT2D eigenvalue weighted by Crippen LogP contribution is -2.44. The standard InChI is InChI=1S/C16H26O8/c1-6-21-13(17)10(5)11(14(18)22-7-2)12(15(19)23-8-3)16(20)24-9-4/h10-12H,6-9H2,1-5H3. The quantitative estimate of drug-likeness (QED) is 0.329. The zero-order valence-corrected chi connectivity index (χ0v) is 14.8. The van der Waals surface area contributed by atoms with Gasteiger partial charge in [-0.2, -0.15) is 0 Å². The van der Waals surface area contributed by atoms with Crippen LogP contribution in [0.5, 0.6) is 0 Å². The van der Waals surface area contributed by atoms with Crippen LogP contribution in [0.15, 0.2) is 0 Å². The fourth-order valence-electron chi connectivity index (χ4n) is 2.14. The number of carbonyl (C=O) groups excluding carboxylic acids is 4. The van der Waals surface area contributed by atoms with Crippen molar-refractivity contribution in [1.82, 2.24) is 0 Å². The summed E-state index contributed by atoms with van der Waals surface area (Å²) in [5, 5.41) is 0. The van der Waals surface area contributed by atoms with E-state index in [1.165, 1.54) is 6.92 Å². The van der Waals surface area contributed by atoms with Crippen LogP contribution in [-0.2, 0) is 38.1 Å². The van der Waals surface area contributed by atoms with E-state index < -0.39 is 41.6 Å². The van der Waals surface area contributed by atoms with Crippen molar-refractivity contribution in [2.24, 2.45) is 17.8 Å².